The van der Waals surface area contributed by atoms with Gasteiger partial charge in [0.25, 0.3) is 6.01 Å². The van der Waals surface area contributed by atoms with Crippen molar-refractivity contribution in [3.05, 3.63) is 30.5 Å². The minimum Gasteiger partial charge on any atom is -0.432 e. The first kappa shape index (κ1) is 11.1. The number of anilines is 1. The van der Waals surface area contributed by atoms with E-state index in [-0.39, 0.29) is 0 Å². The van der Waals surface area contributed by atoms with Gasteiger partial charge in [0, 0.05) is 17.5 Å². The van der Waals surface area contributed by atoms with Gasteiger partial charge < -0.3 is 9.73 Å². The highest BCUT2D eigenvalue weighted by molar-refractivity contribution is 7.99. The van der Waals surface area contributed by atoms with Crippen LogP contribution in [0.5, 0.6) is 0 Å². The van der Waals surface area contributed by atoms with E-state index in [9.17, 15) is 0 Å². The topological polar surface area (TPSA) is 38.1 Å². The van der Waals surface area contributed by atoms with Gasteiger partial charge in [0.05, 0.1) is 0 Å². The van der Waals surface area contributed by atoms with Crippen molar-refractivity contribution in [1.82, 2.24) is 4.98 Å². The van der Waals surface area contributed by atoms with E-state index in [1.807, 2.05) is 11.8 Å². The van der Waals surface area contributed by atoms with Crippen molar-refractivity contribution in [3.63, 3.8) is 0 Å². The molecule has 2 aromatic rings. The number of rotatable bonds is 4. The van der Waals surface area contributed by atoms with Gasteiger partial charge in [-0.1, -0.05) is 19.1 Å². The first-order chi connectivity index (χ1) is 7.83. The molecule has 0 spiro atoms. The molecule has 16 heavy (non-hydrogen) atoms. The molecule has 3 nitrogen and oxygen atoms in total. The lowest BCUT2D eigenvalue weighted by Gasteiger charge is -1.99. The van der Waals surface area contributed by atoms with E-state index in [0.717, 1.165) is 17.0 Å². The molecule has 84 valence electrons. The molecule has 0 fully saturated rings. The molecule has 4 heteroatoms. The molecule has 0 aliphatic rings. The maximum atomic E-state index is 5.22. The highest BCUT2D eigenvalue weighted by Crippen LogP contribution is 2.24. The van der Waals surface area contributed by atoms with E-state index in [0.29, 0.717) is 6.01 Å². The second kappa shape index (κ2) is 5.07. The molecule has 0 amide bonds. The van der Waals surface area contributed by atoms with Crippen LogP contribution in [0.4, 0.5) is 6.01 Å². The van der Waals surface area contributed by atoms with Gasteiger partial charge >= 0.3 is 0 Å². The molecule has 1 aromatic heterocycles. The predicted octanol–water partition coefficient (Wildman–Crippen LogP) is 3.50. The number of benzene rings is 1. The van der Waals surface area contributed by atoms with Crippen LogP contribution in [-0.4, -0.2) is 17.8 Å². The summed E-state index contributed by atoms with van der Waals surface area (Å²) in [6.45, 7) is 2.15. The zero-order valence-electron chi connectivity index (χ0n) is 9.36. The molecule has 0 aliphatic carbocycles. The Morgan fingerprint density at radius 2 is 2.06 bits per heavy atom. The van der Waals surface area contributed by atoms with Gasteiger partial charge in [-0.2, -0.15) is 4.98 Å². The van der Waals surface area contributed by atoms with Gasteiger partial charge in [-0.3, -0.25) is 0 Å². The number of oxazole rings is 1. The summed E-state index contributed by atoms with van der Waals surface area (Å²) in [6.07, 6.45) is 1.66. The predicted molar refractivity (Wildman–Crippen MR) is 67.9 cm³/mol. The summed E-state index contributed by atoms with van der Waals surface area (Å²) in [5.41, 5.74) is 1.93. The summed E-state index contributed by atoms with van der Waals surface area (Å²) in [4.78, 5) is 5.57. The molecular weight excluding hydrogens is 220 g/mol. The Morgan fingerprint density at radius 3 is 2.62 bits per heavy atom. The van der Waals surface area contributed by atoms with Gasteiger partial charge in [0.2, 0.25) is 0 Å². The quantitative estimate of drug-likeness (QED) is 0.822. The Morgan fingerprint density at radius 1 is 1.31 bits per heavy atom. The van der Waals surface area contributed by atoms with E-state index in [4.69, 9.17) is 4.42 Å². The van der Waals surface area contributed by atoms with Crippen LogP contribution in [0.3, 0.4) is 0 Å². The number of aromatic nitrogens is 1. The normalized spacial score (nSPS) is 10.4. The number of thioether (sulfide) groups is 1. The Balaban J connectivity index is 2.20. The van der Waals surface area contributed by atoms with E-state index in [1.165, 1.54) is 4.90 Å². The van der Waals surface area contributed by atoms with Gasteiger partial charge in [-0.05, 0) is 17.9 Å². The minimum absolute atomic E-state index is 0.544. The van der Waals surface area contributed by atoms with E-state index < -0.39 is 0 Å². The fourth-order valence-electron chi connectivity index (χ4n) is 1.41. The molecule has 0 aliphatic heterocycles. The van der Waals surface area contributed by atoms with Crippen molar-refractivity contribution in [2.24, 2.45) is 0 Å². The highest BCUT2D eigenvalue weighted by Gasteiger charge is 2.04. The average Bonchev–Trinajstić information content (AvgIpc) is 2.79. The highest BCUT2D eigenvalue weighted by atomic mass is 32.2. The Bertz CT molecular complexity index is 450. The van der Waals surface area contributed by atoms with Crippen LogP contribution in [0, 0.1) is 0 Å². The minimum atomic E-state index is 0.544. The van der Waals surface area contributed by atoms with Crippen LogP contribution in [0.1, 0.15) is 6.92 Å². The van der Waals surface area contributed by atoms with E-state index >= 15 is 0 Å². The third-order valence-electron chi connectivity index (χ3n) is 2.18. The standard InChI is InChI=1S/C12H14N2OS/c1-3-16-10-6-4-9(5-7-10)11-8-15-12(13-2)14-11/h4-8H,3H2,1-2H3,(H,13,14). The van der Waals surface area contributed by atoms with Crippen molar-refractivity contribution in [2.45, 2.75) is 11.8 Å². The number of hydrogen-bond donors (Lipinski definition) is 1. The maximum absolute atomic E-state index is 5.22. The molecule has 0 unspecified atom stereocenters. The fraction of sp³-hybridized carbons (Fsp3) is 0.250. The Kier molecular flexibility index (Phi) is 3.51. The molecule has 1 aromatic carbocycles. The lowest BCUT2D eigenvalue weighted by molar-refractivity contribution is 0.576. The maximum Gasteiger partial charge on any atom is 0.294 e. The average molecular weight is 234 g/mol. The van der Waals surface area contributed by atoms with Crippen molar-refractivity contribution in [1.29, 1.82) is 0 Å². The van der Waals surface area contributed by atoms with Crippen LogP contribution in [0.15, 0.2) is 39.8 Å². The van der Waals surface area contributed by atoms with E-state index in [1.54, 1.807) is 13.3 Å². The van der Waals surface area contributed by atoms with Gasteiger partial charge in [0.15, 0.2) is 0 Å². The fourth-order valence-corrected chi connectivity index (χ4v) is 2.07. The lowest BCUT2D eigenvalue weighted by atomic mass is 10.2. The molecular formula is C12H14N2OS. The largest absolute Gasteiger partial charge is 0.432 e. The third kappa shape index (κ3) is 2.39. The Hall–Kier alpha value is -1.42. The van der Waals surface area contributed by atoms with Crippen molar-refractivity contribution < 1.29 is 4.42 Å². The molecule has 0 atom stereocenters. The summed E-state index contributed by atoms with van der Waals surface area (Å²) in [5.74, 6) is 1.09. The Labute approximate surface area is 99.3 Å². The van der Waals surface area contributed by atoms with Crippen LogP contribution in [-0.2, 0) is 0 Å². The van der Waals surface area contributed by atoms with Crippen LogP contribution in [0.25, 0.3) is 11.3 Å². The van der Waals surface area contributed by atoms with Crippen LogP contribution in [0.2, 0.25) is 0 Å². The first-order valence-electron chi connectivity index (χ1n) is 5.20. The summed E-state index contributed by atoms with van der Waals surface area (Å²) >= 11 is 1.83. The first-order valence-corrected chi connectivity index (χ1v) is 6.18. The molecule has 2 rings (SSSR count). The second-order valence-corrected chi connectivity index (χ2v) is 4.58. The zero-order chi connectivity index (χ0) is 11.4. The van der Waals surface area contributed by atoms with Crippen molar-refractivity contribution >= 4 is 17.8 Å². The molecule has 0 saturated carbocycles. The summed E-state index contributed by atoms with van der Waals surface area (Å²) in [7, 11) is 1.79. The molecule has 1 heterocycles. The SMILES string of the molecule is CCSc1ccc(-c2coc(NC)n2)cc1. The molecule has 0 saturated heterocycles. The van der Waals surface area contributed by atoms with E-state index in [2.05, 4.69) is 41.5 Å². The third-order valence-corrected chi connectivity index (χ3v) is 3.07. The summed E-state index contributed by atoms with van der Waals surface area (Å²) in [5, 5.41) is 2.87. The molecule has 1 N–H and O–H groups in total. The molecule has 0 radical (unpaired) electrons. The molecule has 0 bridgehead atoms. The van der Waals surface area contributed by atoms with Gasteiger partial charge in [0.1, 0.15) is 12.0 Å². The zero-order valence-corrected chi connectivity index (χ0v) is 10.2. The van der Waals surface area contributed by atoms with Crippen molar-refractivity contribution in [2.75, 3.05) is 18.1 Å². The smallest absolute Gasteiger partial charge is 0.294 e. The van der Waals surface area contributed by atoms with Gasteiger partial charge in [-0.15, -0.1) is 11.8 Å². The lowest BCUT2D eigenvalue weighted by Crippen LogP contribution is -1.86. The second-order valence-electron chi connectivity index (χ2n) is 3.25. The van der Waals surface area contributed by atoms with Gasteiger partial charge in [-0.25, -0.2) is 0 Å². The van der Waals surface area contributed by atoms with Crippen molar-refractivity contribution in [3.8, 4) is 11.3 Å². The van der Waals surface area contributed by atoms with Crippen LogP contribution >= 0.6 is 11.8 Å². The monoisotopic (exact) mass is 234 g/mol. The number of nitrogens with one attached hydrogen (secondary N) is 1. The van der Waals surface area contributed by atoms with Crippen LogP contribution < -0.4 is 5.32 Å². The number of hydrogen-bond acceptors (Lipinski definition) is 4. The summed E-state index contributed by atoms with van der Waals surface area (Å²) in [6, 6.07) is 8.89. The summed E-state index contributed by atoms with van der Waals surface area (Å²) < 4.78 is 5.22. The number of nitrogens with zero attached hydrogens (tertiary/aromatic N) is 1.